The van der Waals surface area contributed by atoms with Crippen LogP contribution in [0.2, 0.25) is 0 Å². The molecule has 3 nitrogen and oxygen atoms in total. The van der Waals surface area contributed by atoms with Gasteiger partial charge in [0.15, 0.2) is 0 Å². The maximum atomic E-state index is 10.7. The molecule has 0 amide bonds. The molecule has 2 aliphatic heterocycles. The number of hydrogen-bond donors (Lipinski definition) is 2. The van der Waals surface area contributed by atoms with Gasteiger partial charge in [0, 0.05) is 6.61 Å². The molecule has 0 aromatic carbocycles. The second-order valence-corrected chi connectivity index (χ2v) is 8.51. The maximum absolute atomic E-state index is 10.7. The summed E-state index contributed by atoms with van der Waals surface area (Å²) >= 11 is 0. The third kappa shape index (κ3) is 1.47. The topological polar surface area (TPSA) is 49.7 Å². The molecule has 114 valence electrons. The van der Waals surface area contributed by atoms with Gasteiger partial charge in [0.05, 0.1) is 17.8 Å². The van der Waals surface area contributed by atoms with Crippen molar-refractivity contribution < 1.29 is 14.9 Å². The van der Waals surface area contributed by atoms with E-state index >= 15 is 0 Å². The lowest BCUT2D eigenvalue weighted by Crippen LogP contribution is -2.59. The molecule has 0 aromatic heterocycles. The molecule has 7 atom stereocenters. The first-order valence-electron chi connectivity index (χ1n) is 8.40. The van der Waals surface area contributed by atoms with E-state index in [1.54, 1.807) is 0 Å². The molecule has 4 bridgehead atoms. The zero-order valence-corrected chi connectivity index (χ0v) is 12.8. The summed E-state index contributed by atoms with van der Waals surface area (Å²) in [5.41, 5.74) is 0.480. The van der Waals surface area contributed by atoms with Crippen molar-refractivity contribution in [2.75, 3.05) is 6.61 Å². The number of aliphatic hydroxyl groups excluding tert-OH is 2. The molecule has 0 aromatic rings. The minimum absolute atomic E-state index is 0.0672. The van der Waals surface area contributed by atoms with E-state index in [-0.39, 0.29) is 23.7 Å². The van der Waals surface area contributed by atoms with Crippen LogP contribution in [0.5, 0.6) is 0 Å². The average molecular weight is 280 g/mol. The number of rotatable bonds is 3. The highest BCUT2D eigenvalue weighted by Crippen LogP contribution is 2.73. The van der Waals surface area contributed by atoms with Crippen LogP contribution in [0.25, 0.3) is 0 Å². The Bertz CT molecular complexity index is 424. The van der Waals surface area contributed by atoms with E-state index in [0.717, 1.165) is 25.2 Å². The van der Waals surface area contributed by atoms with Crippen LogP contribution in [0.4, 0.5) is 0 Å². The molecular weight excluding hydrogens is 252 g/mol. The third-order valence-corrected chi connectivity index (χ3v) is 7.45. The lowest BCUT2D eigenvalue weighted by atomic mass is 9.48. The molecule has 1 spiro atoms. The standard InChI is InChI=1S/C17H28O3/c1-15(5-3-7-18)13(19)4-6-17-9-11-8-12(14(15)17)20-16(11,2)10-17/h11-14,18-19H,3-10H2,1-2H3/t11?,12?,13-,14?,15+,16?,17?/m0/s1. The van der Waals surface area contributed by atoms with Crippen LogP contribution in [0.1, 0.15) is 58.8 Å². The highest BCUT2D eigenvalue weighted by Gasteiger charge is 2.72. The second-order valence-electron chi connectivity index (χ2n) is 8.51. The van der Waals surface area contributed by atoms with Gasteiger partial charge in [-0.25, -0.2) is 0 Å². The van der Waals surface area contributed by atoms with Gasteiger partial charge < -0.3 is 14.9 Å². The van der Waals surface area contributed by atoms with Crippen molar-refractivity contribution in [3.8, 4) is 0 Å². The van der Waals surface area contributed by atoms with E-state index in [1.807, 2.05) is 0 Å². The van der Waals surface area contributed by atoms with Crippen LogP contribution in [0.3, 0.4) is 0 Å². The maximum Gasteiger partial charge on any atom is 0.0693 e. The predicted octanol–water partition coefficient (Wildman–Crippen LogP) is 2.49. The predicted molar refractivity (Wildman–Crippen MR) is 76.2 cm³/mol. The third-order valence-electron chi connectivity index (χ3n) is 7.45. The summed E-state index contributed by atoms with van der Waals surface area (Å²) in [7, 11) is 0. The highest BCUT2D eigenvalue weighted by molar-refractivity contribution is 5.21. The van der Waals surface area contributed by atoms with E-state index in [0.29, 0.717) is 17.4 Å². The molecule has 5 unspecified atom stereocenters. The normalized spacial score (nSPS) is 60.0. The molecule has 3 heteroatoms. The number of ether oxygens (including phenoxy) is 1. The van der Waals surface area contributed by atoms with Crippen LogP contribution in [0, 0.1) is 22.7 Å². The van der Waals surface area contributed by atoms with Crippen molar-refractivity contribution in [3.63, 3.8) is 0 Å². The Balaban J connectivity index is 1.72. The highest BCUT2D eigenvalue weighted by atomic mass is 16.5. The minimum Gasteiger partial charge on any atom is -0.396 e. The smallest absolute Gasteiger partial charge is 0.0693 e. The van der Waals surface area contributed by atoms with Crippen LogP contribution >= 0.6 is 0 Å². The van der Waals surface area contributed by atoms with Gasteiger partial charge in [-0.3, -0.25) is 0 Å². The van der Waals surface area contributed by atoms with Crippen molar-refractivity contribution >= 4 is 0 Å². The van der Waals surface area contributed by atoms with E-state index in [2.05, 4.69) is 13.8 Å². The number of aliphatic hydroxyl groups is 2. The summed E-state index contributed by atoms with van der Waals surface area (Å²) in [6.07, 6.45) is 7.69. The van der Waals surface area contributed by atoms with Crippen molar-refractivity contribution in [3.05, 3.63) is 0 Å². The van der Waals surface area contributed by atoms with Crippen LogP contribution < -0.4 is 0 Å². The van der Waals surface area contributed by atoms with Crippen molar-refractivity contribution in [2.45, 2.75) is 76.6 Å². The summed E-state index contributed by atoms with van der Waals surface area (Å²) in [6.45, 7) is 4.81. The fraction of sp³-hybridized carbons (Fsp3) is 1.00. The molecular formula is C17H28O3. The quantitative estimate of drug-likeness (QED) is 0.835. The Morgan fingerprint density at radius 2 is 2.10 bits per heavy atom. The summed E-state index contributed by atoms with van der Waals surface area (Å²) < 4.78 is 6.45. The average Bonchev–Trinajstić information content (AvgIpc) is 2.75. The Hall–Kier alpha value is -0.120. The minimum atomic E-state index is -0.225. The molecule has 5 rings (SSSR count). The molecule has 5 fully saturated rings. The fourth-order valence-corrected chi connectivity index (χ4v) is 6.82. The first kappa shape index (κ1) is 13.5. The van der Waals surface area contributed by atoms with Gasteiger partial charge in [0.1, 0.15) is 0 Å². The van der Waals surface area contributed by atoms with E-state index in [1.165, 1.54) is 25.7 Å². The zero-order chi connectivity index (χ0) is 14.2. The summed E-state index contributed by atoms with van der Waals surface area (Å²) in [6, 6.07) is 0. The second kappa shape index (κ2) is 3.99. The number of hydrogen-bond acceptors (Lipinski definition) is 3. The van der Waals surface area contributed by atoms with Gasteiger partial charge in [0.25, 0.3) is 0 Å². The monoisotopic (exact) mass is 280 g/mol. The molecule has 20 heavy (non-hydrogen) atoms. The van der Waals surface area contributed by atoms with Crippen molar-refractivity contribution in [1.29, 1.82) is 0 Å². The molecule has 3 saturated carbocycles. The molecule has 2 saturated heterocycles. The molecule has 2 N–H and O–H groups in total. The largest absolute Gasteiger partial charge is 0.396 e. The first-order valence-corrected chi connectivity index (χ1v) is 8.40. The molecule has 5 aliphatic rings. The van der Waals surface area contributed by atoms with Crippen LogP contribution in [-0.2, 0) is 4.74 Å². The van der Waals surface area contributed by atoms with E-state index < -0.39 is 0 Å². The van der Waals surface area contributed by atoms with Gasteiger partial charge >= 0.3 is 0 Å². The molecule has 2 heterocycles. The Morgan fingerprint density at radius 3 is 2.80 bits per heavy atom. The van der Waals surface area contributed by atoms with Gasteiger partial charge in [0.2, 0.25) is 0 Å². The van der Waals surface area contributed by atoms with Crippen LogP contribution in [-0.4, -0.2) is 34.6 Å². The van der Waals surface area contributed by atoms with Gasteiger partial charge in [-0.15, -0.1) is 0 Å². The van der Waals surface area contributed by atoms with Gasteiger partial charge in [-0.2, -0.15) is 0 Å². The summed E-state index contributed by atoms with van der Waals surface area (Å²) in [5, 5.41) is 19.9. The van der Waals surface area contributed by atoms with E-state index in [9.17, 15) is 10.2 Å². The van der Waals surface area contributed by atoms with Crippen molar-refractivity contribution in [2.24, 2.45) is 22.7 Å². The Kier molecular flexibility index (Phi) is 2.70. The summed E-state index contributed by atoms with van der Waals surface area (Å²) in [4.78, 5) is 0. The molecule has 0 radical (unpaired) electrons. The summed E-state index contributed by atoms with van der Waals surface area (Å²) in [5.74, 6) is 1.25. The lowest BCUT2D eigenvalue weighted by Gasteiger charge is -2.60. The van der Waals surface area contributed by atoms with Crippen LogP contribution in [0.15, 0.2) is 0 Å². The van der Waals surface area contributed by atoms with Gasteiger partial charge in [-0.05, 0) is 74.5 Å². The lowest BCUT2D eigenvalue weighted by molar-refractivity contribution is -0.216. The van der Waals surface area contributed by atoms with E-state index in [4.69, 9.17) is 4.74 Å². The first-order chi connectivity index (χ1) is 9.44. The van der Waals surface area contributed by atoms with Crippen molar-refractivity contribution in [1.82, 2.24) is 0 Å². The zero-order valence-electron chi connectivity index (χ0n) is 12.8. The SMILES string of the molecule is CC12CC34CC[C@H](O)[C@@](C)(CCCO)C3C(CC1C4)O2. The Morgan fingerprint density at radius 1 is 1.30 bits per heavy atom. The van der Waals surface area contributed by atoms with Gasteiger partial charge in [-0.1, -0.05) is 6.92 Å². The fourth-order valence-electron chi connectivity index (χ4n) is 6.82. The Labute approximate surface area is 121 Å². The molecule has 3 aliphatic carbocycles.